The third-order valence-electron chi connectivity index (χ3n) is 5.43. The molecule has 0 radical (unpaired) electrons. The van der Waals surface area contributed by atoms with Gasteiger partial charge in [0.1, 0.15) is 0 Å². The van der Waals surface area contributed by atoms with Gasteiger partial charge in [0, 0.05) is 18.8 Å². The number of aliphatic imine (C=N–C) groups is 1. The molecule has 2 heterocycles. The maximum atomic E-state index is 12.3. The second-order valence-electron chi connectivity index (χ2n) is 6.96. The van der Waals surface area contributed by atoms with Gasteiger partial charge in [-0.15, -0.1) is 0 Å². The van der Waals surface area contributed by atoms with Crippen LogP contribution >= 0.6 is 0 Å². The number of carboxylic acid groups (broad SMARTS) is 1. The molecule has 2 unspecified atom stereocenters. The van der Waals surface area contributed by atoms with Crippen molar-refractivity contribution in [3.05, 3.63) is 41.2 Å². The van der Waals surface area contributed by atoms with Crippen molar-refractivity contribution in [1.82, 2.24) is 4.98 Å². The summed E-state index contributed by atoms with van der Waals surface area (Å²) in [6.07, 6.45) is 7.80. The number of rotatable bonds is 7. The Labute approximate surface area is 147 Å². The zero-order valence-corrected chi connectivity index (χ0v) is 15.1. The van der Waals surface area contributed by atoms with E-state index in [1.807, 2.05) is 26.8 Å². The highest BCUT2D eigenvalue weighted by Gasteiger charge is 2.54. The smallest absolute Gasteiger partial charge is 0.337 e. The van der Waals surface area contributed by atoms with Gasteiger partial charge in [0.25, 0.3) is 0 Å². The third-order valence-corrected chi connectivity index (χ3v) is 5.43. The van der Waals surface area contributed by atoms with Crippen molar-refractivity contribution in [2.24, 2.45) is 22.1 Å². The molecule has 0 saturated carbocycles. The van der Waals surface area contributed by atoms with Crippen molar-refractivity contribution in [2.45, 2.75) is 46.1 Å². The number of carboxylic acids is 1. The van der Waals surface area contributed by atoms with Crippen LogP contribution in [0.1, 0.15) is 49.3 Å². The van der Waals surface area contributed by atoms with Crippen LogP contribution in [0, 0.1) is 11.3 Å². The predicted molar refractivity (Wildman–Crippen MR) is 96.8 cm³/mol. The highest BCUT2D eigenvalue weighted by Crippen LogP contribution is 2.45. The van der Waals surface area contributed by atoms with E-state index in [-0.39, 0.29) is 17.9 Å². The quantitative estimate of drug-likeness (QED) is 0.793. The van der Waals surface area contributed by atoms with Gasteiger partial charge < -0.3 is 10.8 Å². The van der Waals surface area contributed by atoms with Crippen molar-refractivity contribution < 1.29 is 14.7 Å². The van der Waals surface area contributed by atoms with Crippen LogP contribution in [0.3, 0.4) is 0 Å². The molecule has 1 aromatic heterocycles. The Morgan fingerprint density at radius 1 is 1.40 bits per heavy atom. The minimum absolute atomic E-state index is 0.0897. The molecule has 0 aromatic carbocycles. The van der Waals surface area contributed by atoms with Crippen molar-refractivity contribution in [2.75, 3.05) is 0 Å². The van der Waals surface area contributed by atoms with Crippen LogP contribution in [0.25, 0.3) is 0 Å². The summed E-state index contributed by atoms with van der Waals surface area (Å²) in [5.74, 6) is -1.59. The summed E-state index contributed by atoms with van der Waals surface area (Å²) >= 11 is 0. The standard InChI is InChI=1S/C19H25N3O3/c1-5-13-9-14(16(23)24)15(21-11-13)10-19(7-6-8-22-19)18(4,12(2)3)17(20)25/h6-9,11-12H,5,10H2,1-4H3,(H2,20,25)(H,23,24). The van der Waals surface area contributed by atoms with Crippen molar-refractivity contribution in [1.29, 1.82) is 0 Å². The van der Waals surface area contributed by atoms with Crippen molar-refractivity contribution >= 4 is 18.1 Å². The number of primary amides is 1. The number of allylic oxidation sites excluding steroid dienone is 1. The highest BCUT2D eigenvalue weighted by atomic mass is 16.4. The van der Waals surface area contributed by atoms with Gasteiger partial charge >= 0.3 is 5.97 Å². The molecular weight excluding hydrogens is 318 g/mol. The normalized spacial score (nSPS) is 21.5. The van der Waals surface area contributed by atoms with Gasteiger partial charge in [-0.3, -0.25) is 14.8 Å². The molecule has 2 atom stereocenters. The predicted octanol–water partition coefficient (Wildman–Crippen LogP) is 2.41. The van der Waals surface area contributed by atoms with Crippen LogP contribution in [0.15, 0.2) is 29.4 Å². The van der Waals surface area contributed by atoms with Crippen LogP contribution in [0.5, 0.6) is 0 Å². The summed E-state index contributed by atoms with van der Waals surface area (Å²) < 4.78 is 0. The molecule has 1 aliphatic rings. The Balaban J connectivity index is 2.59. The Morgan fingerprint density at radius 3 is 2.52 bits per heavy atom. The largest absolute Gasteiger partial charge is 0.478 e. The van der Waals surface area contributed by atoms with E-state index >= 15 is 0 Å². The number of nitrogens with two attached hydrogens (primary N) is 1. The van der Waals surface area contributed by atoms with Crippen molar-refractivity contribution in [3.63, 3.8) is 0 Å². The summed E-state index contributed by atoms with van der Waals surface area (Å²) in [4.78, 5) is 33.0. The lowest BCUT2D eigenvalue weighted by atomic mass is 9.62. The topological polar surface area (TPSA) is 106 Å². The summed E-state index contributed by atoms with van der Waals surface area (Å²) in [6.45, 7) is 7.56. The van der Waals surface area contributed by atoms with Crippen molar-refractivity contribution in [3.8, 4) is 0 Å². The molecule has 0 saturated heterocycles. The van der Waals surface area contributed by atoms with E-state index in [0.717, 1.165) is 5.56 Å². The average molecular weight is 343 g/mol. The molecule has 1 amide bonds. The Bertz CT molecular complexity index is 740. The summed E-state index contributed by atoms with van der Waals surface area (Å²) in [6, 6.07) is 1.64. The number of hydrogen-bond donors (Lipinski definition) is 2. The lowest BCUT2D eigenvalue weighted by Gasteiger charge is -2.44. The van der Waals surface area contributed by atoms with Gasteiger partial charge in [-0.25, -0.2) is 4.79 Å². The lowest BCUT2D eigenvalue weighted by Crippen LogP contribution is -2.55. The van der Waals surface area contributed by atoms with Gasteiger partial charge in [0.05, 0.1) is 22.2 Å². The number of carbonyl (C=O) groups excluding carboxylic acids is 1. The molecule has 134 valence electrons. The Hall–Kier alpha value is -2.50. The zero-order chi connectivity index (χ0) is 18.8. The molecular formula is C19H25N3O3. The van der Waals surface area contributed by atoms with E-state index in [0.29, 0.717) is 12.1 Å². The average Bonchev–Trinajstić information content (AvgIpc) is 3.03. The number of pyridine rings is 1. The maximum Gasteiger partial charge on any atom is 0.337 e. The zero-order valence-electron chi connectivity index (χ0n) is 15.1. The van der Waals surface area contributed by atoms with Crippen LogP contribution in [0.2, 0.25) is 0 Å². The van der Waals surface area contributed by atoms with Crippen LogP contribution in [-0.2, 0) is 17.6 Å². The molecule has 2 rings (SSSR count). The number of carbonyl (C=O) groups is 2. The first-order valence-corrected chi connectivity index (χ1v) is 8.42. The first-order chi connectivity index (χ1) is 11.7. The minimum Gasteiger partial charge on any atom is -0.478 e. The SMILES string of the molecule is CCc1cnc(CC2(C(C)(C(N)=O)C(C)C)C=CC=N2)c(C(=O)O)c1. The fourth-order valence-corrected chi connectivity index (χ4v) is 3.33. The second kappa shape index (κ2) is 6.78. The van der Waals surface area contributed by atoms with Gasteiger partial charge in [-0.05, 0) is 37.0 Å². The molecule has 0 spiro atoms. The number of amides is 1. The summed E-state index contributed by atoms with van der Waals surface area (Å²) in [5, 5.41) is 9.58. The van der Waals surface area contributed by atoms with E-state index in [2.05, 4.69) is 9.98 Å². The summed E-state index contributed by atoms with van der Waals surface area (Å²) in [5.41, 5.74) is 5.23. The first-order valence-electron chi connectivity index (χ1n) is 8.42. The monoisotopic (exact) mass is 343 g/mol. The van der Waals surface area contributed by atoms with Gasteiger partial charge in [0.2, 0.25) is 5.91 Å². The number of nitrogens with zero attached hydrogens (tertiary/aromatic N) is 2. The van der Waals surface area contributed by atoms with E-state index in [1.54, 1.807) is 31.5 Å². The number of aryl methyl sites for hydroxylation is 1. The molecule has 0 bridgehead atoms. The molecule has 1 aromatic rings. The van der Waals surface area contributed by atoms with Gasteiger partial charge in [0.15, 0.2) is 0 Å². The molecule has 6 heteroatoms. The van der Waals surface area contributed by atoms with Crippen LogP contribution < -0.4 is 5.73 Å². The van der Waals surface area contributed by atoms with Gasteiger partial charge in [-0.2, -0.15) is 0 Å². The first kappa shape index (κ1) is 18.8. The molecule has 0 fully saturated rings. The number of aromatic nitrogens is 1. The number of hydrogen-bond acceptors (Lipinski definition) is 4. The maximum absolute atomic E-state index is 12.3. The minimum atomic E-state index is -1.04. The lowest BCUT2D eigenvalue weighted by molar-refractivity contribution is -0.132. The van der Waals surface area contributed by atoms with Crippen LogP contribution in [0.4, 0.5) is 0 Å². The van der Waals surface area contributed by atoms with Crippen LogP contribution in [-0.4, -0.2) is 33.7 Å². The molecule has 25 heavy (non-hydrogen) atoms. The highest BCUT2D eigenvalue weighted by molar-refractivity contribution is 5.90. The molecule has 1 aliphatic heterocycles. The molecule has 0 aliphatic carbocycles. The molecule has 3 N–H and O–H groups in total. The fourth-order valence-electron chi connectivity index (χ4n) is 3.33. The third kappa shape index (κ3) is 3.08. The van der Waals surface area contributed by atoms with Gasteiger partial charge in [-0.1, -0.05) is 26.8 Å². The van der Waals surface area contributed by atoms with E-state index < -0.39 is 22.8 Å². The van der Waals surface area contributed by atoms with E-state index in [1.165, 1.54) is 0 Å². The number of aromatic carboxylic acids is 1. The fraction of sp³-hybridized carbons (Fsp3) is 0.474. The Morgan fingerprint density at radius 2 is 2.08 bits per heavy atom. The van der Waals surface area contributed by atoms with E-state index in [9.17, 15) is 14.7 Å². The van der Waals surface area contributed by atoms with E-state index in [4.69, 9.17) is 5.73 Å². The summed E-state index contributed by atoms with van der Waals surface area (Å²) in [7, 11) is 0. The second-order valence-corrected chi connectivity index (χ2v) is 6.96. The molecule has 6 nitrogen and oxygen atoms in total. The Kier molecular flexibility index (Phi) is 5.11.